The Morgan fingerprint density at radius 1 is 0.949 bits per heavy atom. The fourth-order valence-corrected chi connectivity index (χ4v) is 3.72. The van der Waals surface area contributed by atoms with E-state index in [0.717, 1.165) is 11.1 Å². The van der Waals surface area contributed by atoms with Crippen LogP contribution >= 0.6 is 0 Å². The summed E-state index contributed by atoms with van der Waals surface area (Å²) in [6.07, 6.45) is 7.13. The number of ketones is 2. The maximum atomic E-state index is 12.1. The Morgan fingerprint density at radius 3 is 2.15 bits per heavy atom. The van der Waals surface area contributed by atoms with E-state index in [-0.39, 0.29) is 30.8 Å². The van der Waals surface area contributed by atoms with E-state index in [2.05, 4.69) is 4.74 Å². The third-order valence-electron chi connectivity index (χ3n) is 6.07. The van der Waals surface area contributed by atoms with E-state index in [4.69, 9.17) is 14.2 Å². The average molecular weight is 537 g/mol. The van der Waals surface area contributed by atoms with Gasteiger partial charge in [0.25, 0.3) is 0 Å². The summed E-state index contributed by atoms with van der Waals surface area (Å²) < 4.78 is 20.1. The van der Waals surface area contributed by atoms with Gasteiger partial charge in [0.05, 0.1) is 40.1 Å². The van der Waals surface area contributed by atoms with E-state index in [9.17, 15) is 19.2 Å². The second kappa shape index (κ2) is 16.9. The number of carbonyl (C=O) groups is 4. The third kappa shape index (κ3) is 10.4. The summed E-state index contributed by atoms with van der Waals surface area (Å²) in [6.45, 7) is 2.67. The number of hydrogen-bond acceptors (Lipinski definition) is 8. The predicted octanol–water partition coefficient (Wildman–Crippen LogP) is 4.48. The van der Waals surface area contributed by atoms with E-state index >= 15 is 0 Å². The van der Waals surface area contributed by atoms with Gasteiger partial charge in [-0.1, -0.05) is 85.0 Å². The second-order valence-corrected chi connectivity index (χ2v) is 8.86. The quantitative estimate of drug-likeness (QED) is 0.235. The van der Waals surface area contributed by atoms with Gasteiger partial charge in [0.2, 0.25) is 0 Å². The number of carbonyl (C=O) groups excluding carboxylic acids is 4. The summed E-state index contributed by atoms with van der Waals surface area (Å²) in [7, 11) is 2.55. The van der Waals surface area contributed by atoms with E-state index in [1.165, 1.54) is 14.2 Å². The normalized spacial score (nSPS) is 18.8. The highest BCUT2D eigenvalue weighted by Gasteiger charge is 2.50. The highest BCUT2D eigenvalue weighted by Crippen LogP contribution is 2.33. The van der Waals surface area contributed by atoms with Gasteiger partial charge in [0.1, 0.15) is 12.2 Å². The minimum Gasteiger partial charge on any atom is -0.469 e. The van der Waals surface area contributed by atoms with Crippen LogP contribution in [0.1, 0.15) is 37.3 Å². The van der Waals surface area contributed by atoms with Gasteiger partial charge in [-0.05, 0) is 18.1 Å². The SMILES string of the molecule is COC(=O)CC(=O)CCOC/C=C/c1ccccc1.COC(=O)[C@]1(C)C(=O)CCO[C@@H]1/C=C/c1ccccc1. The first-order valence-corrected chi connectivity index (χ1v) is 12.7. The monoisotopic (exact) mass is 536 g/mol. The van der Waals surface area contributed by atoms with Crippen LogP contribution in [0.25, 0.3) is 12.2 Å². The van der Waals surface area contributed by atoms with E-state index < -0.39 is 23.5 Å². The van der Waals surface area contributed by atoms with E-state index in [1.807, 2.05) is 78.9 Å². The molecule has 0 N–H and O–H groups in total. The molecule has 0 aromatic heterocycles. The lowest BCUT2D eigenvalue weighted by atomic mass is 9.76. The van der Waals surface area contributed by atoms with Crippen molar-refractivity contribution in [3.05, 3.63) is 83.9 Å². The van der Waals surface area contributed by atoms with Crippen LogP contribution in [0.4, 0.5) is 0 Å². The molecule has 0 saturated carbocycles. The molecule has 8 nitrogen and oxygen atoms in total. The van der Waals surface area contributed by atoms with Gasteiger partial charge >= 0.3 is 11.9 Å². The van der Waals surface area contributed by atoms with Crippen LogP contribution in [-0.4, -0.2) is 63.6 Å². The minimum atomic E-state index is -1.27. The summed E-state index contributed by atoms with van der Waals surface area (Å²) in [5.41, 5.74) is 0.826. The molecule has 1 aliphatic rings. The number of methoxy groups -OCH3 is 2. The molecule has 3 rings (SSSR count). The van der Waals surface area contributed by atoms with Crippen molar-refractivity contribution in [2.45, 2.75) is 32.3 Å². The molecule has 2 aromatic rings. The molecule has 1 aliphatic heterocycles. The van der Waals surface area contributed by atoms with Crippen LogP contribution in [0.2, 0.25) is 0 Å². The van der Waals surface area contributed by atoms with Crippen molar-refractivity contribution < 1.29 is 38.1 Å². The lowest BCUT2D eigenvalue weighted by Gasteiger charge is -2.35. The molecule has 1 heterocycles. The molecule has 1 fully saturated rings. The molecular weight excluding hydrogens is 500 g/mol. The topological polar surface area (TPSA) is 105 Å². The maximum absolute atomic E-state index is 12.1. The number of esters is 2. The van der Waals surface area contributed by atoms with Crippen molar-refractivity contribution in [1.82, 2.24) is 0 Å². The van der Waals surface area contributed by atoms with Crippen LogP contribution in [-0.2, 0) is 38.1 Å². The summed E-state index contributed by atoms with van der Waals surface area (Å²) in [4.78, 5) is 46.2. The highest BCUT2D eigenvalue weighted by atomic mass is 16.5. The fraction of sp³-hybridized carbons (Fsp3) is 0.355. The Kier molecular flexibility index (Phi) is 13.5. The van der Waals surface area contributed by atoms with Crippen molar-refractivity contribution in [2.24, 2.45) is 5.41 Å². The van der Waals surface area contributed by atoms with Gasteiger partial charge in [-0.25, -0.2) is 0 Å². The number of hydrogen-bond donors (Lipinski definition) is 0. The minimum absolute atomic E-state index is 0.140. The largest absolute Gasteiger partial charge is 0.469 e. The highest BCUT2D eigenvalue weighted by molar-refractivity contribution is 6.05. The summed E-state index contributed by atoms with van der Waals surface area (Å²) in [5, 5.41) is 0. The predicted molar refractivity (Wildman–Crippen MR) is 148 cm³/mol. The molecular formula is C31H36O8. The molecule has 208 valence electrons. The van der Waals surface area contributed by atoms with Gasteiger partial charge in [-0.3, -0.25) is 19.2 Å². The third-order valence-corrected chi connectivity index (χ3v) is 6.07. The molecule has 0 amide bonds. The van der Waals surface area contributed by atoms with Crippen LogP contribution in [0.5, 0.6) is 0 Å². The van der Waals surface area contributed by atoms with Crippen LogP contribution in [0.15, 0.2) is 72.8 Å². The lowest BCUT2D eigenvalue weighted by molar-refractivity contribution is -0.170. The number of rotatable bonds is 11. The van der Waals surface area contributed by atoms with Crippen LogP contribution in [0.3, 0.4) is 0 Å². The molecule has 0 bridgehead atoms. The smallest absolute Gasteiger partial charge is 0.322 e. The second-order valence-electron chi connectivity index (χ2n) is 8.86. The molecule has 0 radical (unpaired) electrons. The van der Waals surface area contributed by atoms with Crippen LogP contribution in [0, 0.1) is 5.41 Å². The average Bonchev–Trinajstić information content (AvgIpc) is 2.96. The molecule has 0 aliphatic carbocycles. The summed E-state index contributed by atoms with van der Waals surface area (Å²) in [6, 6.07) is 19.5. The van der Waals surface area contributed by atoms with E-state index in [0.29, 0.717) is 19.8 Å². The molecule has 8 heteroatoms. The number of Topliss-reactive ketones (excluding diaryl/α,β-unsaturated/α-hetero) is 2. The molecule has 0 spiro atoms. The van der Waals surface area contributed by atoms with Crippen molar-refractivity contribution in [3.8, 4) is 0 Å². The zero-order valence-corrected chi connectivity index (χ0v) is 22.7. The standard InChI is InChI=1S/C16H18O4.C15H18O4/c1-16(15(18)19-2)13(17)10-11-20-14(16)9-8-12-6-4-3-5-7-12;1-18-15(17)12-14(16)9-11-19-10-5-8-13-6-3-2-4-7-13/h3-9,14H,10-11H2,1-2H3;2-8H,9-12H2,1H3/b9-8+;8-5+/t14-,16-;/m1./s1. The number of benzene rings is 2. The first kappa shape index (κ1) is 31.3. The molecule has 39 heavy (non-hydrogen) atoms. The molecule has 2 atom stereocenters. The Labute approximate surface area is 229 Å². The van der Waals surface area contributed by atoms with Gasteiger partial charge in [-0.2, -0.15) is 0 Å². The summed E-state index contributed by atoms with van der Waals surface area (Å²) >= 11 is 0. The maximum Gasteiger partial charge on any atom is 0.322 e. The Bertz CT molecular complexity index is 1110. The first-order valence-electron chi connectivity index (χ1n) is 12.7. The van der Waals surface area contributed by atoms with Gasteiger partial charge in [0.15, 0.2) is 11.2 Å². The van der Waals surface area contributed by atoms with Gasteiger partial charge in [-0.15, -0.1) is 0 Å². The Morgan fingerprint density at radius 2 is 1.56 bits per heavy atom. The lowest BCUT2D eigenvalue weighted by Crippen LogP contribution is -2.51. The molecule has 1 saturated heterocycles. The Hall–Kier alpha value is -3.88. The van der Waals surface area contributed by atoms with Crippen molar-refractivity contribution in [2.75, 3.05) is 34.0 Å². The molecule has 2 aromatic carbocycles. The fourth-order valence-electron chi connectivity index (χ4n) is 3.72. The van der Waals surface area contributed by atoms with Crippen molar-refractivity contribution in [1.29, 1.82) is 0 Å². The summed E-state index contributed by atoms with van der Waals surface area (Å²) in [5.74, 6) is -1.36. The van der Waals surface area contributed by atoms with Gasteiger partial charge < -0.3 is 18.9 Å². The first-order chi connectivity index (χ1) is 18.8. The Balaban J connectivity index is 0.000000274. The van der Waals surface area contributed by atoms with Crippen LogP contribution < -0.4 is 0 Å². The van der Waals surface area contributed by atoms with E-state index in [1.54, 1.807) is 13.0 Å². The van der Waals surface area contributed by atoms with Gasteiger partial charge in [0, 0.05) is 12.8 Å². The van der Waals surface area contributed by atoms with Crippen molar-refractivity contribution in [3.63, 3.8) is 0 Å². The zero-order chi connectivity index (χ0) is 28.5. The van der Waals surface area contributed by atoms with Crippen molar-refractivity contribution >= 4 is 35.7 Å². The zero-order valence-electron chi connectivity index (χ0n) is 22.7. The molecule has 0 unspecified atom stereocenters. The number of ether oxygens (including phenoxy) is 4.